The molecule has 0 amide bonds. The van der Waals surface area contributed by atoms with Gasteiger partial charge in [-0.2, -0.15) is 0 Å². The van der Waals surface area contributed by atoms with E-state index in [-0.39, 0.29) is 43.9 Å². The number of methoxy groups -OCH3 is 1. The summed E-state index contributed by atoms with van der Waals surface area (Å²) in [5, 5.41) is 76.7. The van der Waals surface area contributed by atoms with Crippen molar-refractivity contribution in [2.45, 2.75) is 218 Å². The van der Waals surface area contributed by atoms with E-state index in [4.69, 9.17) is 37.9 Å². The van der Waals surface area contributed by atoms with Crippen LogP contribution in [0.1, 0.15) is 120 Å². The Morgan fingerprint density at radius 3 is 2.28 bits per heavy atom. The lowest BCUT2D eigenvalue weighted by Gasteiger charge is -2.49. The van der Waals surface area contributed by atoms with E-state index in [1.807, 2.05) is 70.2 Å². The van der Waals surface area contributed by atoms with Crippen molar-refractivity contribution in [2.24, 2.45) is 17.8 Å². The molecule has 18 atom stereocenters. The molecule has 440 valence electrons. The first kappa shape index (κ1) is 62.9. The van der Waals surface area contributed by atoms with Gasteiger partial charge in [0.2, 0.25) is 0 Å². The number of cyclic esters (lactones) is 1. The van der Waals surface area contributed by atoms with Crippen LogP contribution in [0.4, 0.5) is 0 Å². The molecule has 0 saturated carbocycles. The molecule has 3 aromatic rings. The molecule has 23 heteroatoms. The van der Waals surface area contributed by atoms with E-state index in [2.05, 4.69) is 25.5 Å². The molecule has 2 aromatic heterocycles. The lowest BCUT2D eigenvalue weighted by molar-refractivity contribution is -0.318. The van der Waals surface area contributed by atoms with Crippen LogP contribution >= 0.6 is 0 Å². The van der Waals surface area contributed by atoms with Crippen LogP contribution in [0.3, 0.4) is 0 Å². The first-order valence-corrected chi connectivity index (χ1v) is 27.6. The number of rotatable bonds is 18. The maximum absolute atomic E-state index is 14.5. The Hall–Kier alpha value is -4.24. The summed E-state index contributed by atoms with van der Waals surface area (Å²) in [5.41, 5.74) is -2.47. The number of esters is 2. The third-order valence-corrected chi connectivity index (χ3v) is 16.3. The molecule has 0 bridgehead atoms. The molecule has 5 N–H and O–H groups in total. The van der Waals surface area contributed by atoms with Gasteiger partial charge < -0.3 is 73.2 Å². The van der Waals surface area contributed by atoms with Crippen molar-refractivity contribution in [2.75, 3.05) is 40.9 Å². The van der Waals surface area contributed by atoms with Crippen molar-refractivity contribution in [3.8, 4) is 11.4 Å². The second-order valence-electron chi connectivity index (χ2n) is 23.0. The number of aliphatic hydroxyl groups is 5. The predicted octanol–water partition coefficient (Wildman–Crippen LogP) is 3.22. The quantitative estimate of drug-likeness (QED) is 0.0903. The molecule has 0 unspecified atom stereocenters. The summed E-state index contributed by atoms with van der Waals surface area (Å²) in [6.45, 7) is 20.9. The van der Waals surface area contributed by atoms with E-state index in [1.54, 1.807) is 57.1 Å². The number of ether oxygens (including phenoxy) is 8. The minimum atomic E-state index is -1.84. The summed E-state index contributed by atoms with van der Waals surface area (Å²) in [7, 11) is 5.27. The first-order valence-electron chi connectivity index (χ1n) is 27.6. The van der Waals surface area contributed by atoms with Gasteiger partial charge in [0.15, 0.2) is 12.6 Å². The Morgan fingerprint density at radius 1 is 0.923 bits per heavy atom. The average molecular weight is 1100 g/mol. The fraction of sp³-hybridized carbons (Fsp3) is 0.782. The zero-order chi connectivity index (χ0) is 57.4. The molecule has 3 saturated heterocycles. The van der Waals surface area contributed by atoms with E-state index in [9.17, 15) is 35.1 Å². The lowest BCUT2D eigenvalue weighted by atomic mass is 9.77. The third kappa shape index (κ3) is 15.6. The maximum atomic E-state index is 14.5. The highest BCUT2D eigenvalue weighted by Gasteiger charge is 2.53. The number of benzene rings is 1. The fourth-order valence-corrected chi connectivity index (χ4v) is 11.5. The van der Waals surface area contributed by atoms with Crippen molar-refractivity contribution in [1.29, 1.82) is 0 Å². The van der Waals surface area contributed by atoms with Gasteiger partial charge in [-0.05, 0) is 112 Å². The number of nitrogens with zero attached hydrogens (tertiary/aromatic N) is 8. The van der Waals surface area contributed by atoms with Crippen LogP contribution in [-0.2, 0) is 62.3 Å². The summed E-state index contributed by atoms with van der Waals surface area (Å²) in [5.74, 6) is -2.51. The van der Waals surface area contributed by atoms with Gasteiger partial charge in [-0.3, -0.25) is 14.3 Å². The van der Waals surface area contributed by atoms with E-state index in [1.165, 1.54) is 21.0 Å². The van der Waals surface area contributed by atoms with E-state index >= 15 is 0 Å². The van der Waals surface area contributed by atoms with Gasteiger partial charge in [0.25, 0.3) is 0 Å². The highest BCUT2D eigenvalue weighted by molar-refractivity contribution is 5.73. The van der Waals surface area contributed by atoms with Crippen LogP contribution in [0.2, 0.25) is 0 Å². The van der Waals surface area contributed by atoms with E-state index in [0.29, 0.717) is 56.9 Å². The molecule has 5 heterocycles. The topological polar surface area (TPSA) is 277 Å². The average Bonchev–Trinajstić information content (AvgIpc) is 4.08. The van der Waals surface area contributed by atoms with Crippen LogP contribution in [0.15, 0.2) is 36.7 Å². The number of carbonyl (C=O) groups is 2. The van der Waals surface area contributed by atoms with E-state index in [0.717, 1.165) is 11.4 Å². The second-order valence-corrected chi connectivity index (χ2v) is 23.0. The number of aryl methyl sites for hydroxylation is 1. The zero-order valence-corrected chi connectivity index (χ0v) is 48.3. The standard InChI is InChI=1S/C55H90N8O15/c1-15-44-55(11,70)48(66)36(6)61(13)28-32(2)26-53(9,69)50(34(4)47(35(5)51(68)76-44)77-45-27-54(10,71-14)49(67)37(7)75-45)78-52-46(65)43(25-33(3)74-52)60(12)23-21-39-29-62(58-56-39)22-16-24-72-42-19-17-41(18-20-42)63-30-40(57-59-63)31-73-38(8)64/h17-20,29-30,32-37,43-50,52,65-67,69-70H,15-16,21-28,31H2,1-14H3/t32-,33-,34+,35-,36-,37+,43+,44-,45+,46-,47+,48-,49+,50-,52+,53-,54-,55-/m1/s1. The van der Waals surface area contributed by atoms with Gasteiger partial charge in [-0.15, -0.1) is 10.2 Å². The minimum absolute atomic E-state index is 0.0514. The molecule has 1 aromatic carbocycles. The molecular formula is C55H90N8O15. The Kier molecular flexibility index (Phi) is 21.8. The van der Waals surface area contributed by atoms with Crippen molar-refractivity contribution >= 4 is 11.9 Å². The van der Waals surface area contributed by atoms with Crippen LogP contribution < -0.4 is 4.74 Å². The highest BCUT2D eigenvalue weighted by Crippen LogP contribution is 2.40. The molecular weight excluding hydrogens is 1010 g/mol. The number of hydrogen-bond donors (Lipinski definition) is 5. The summed E-state index contributed by atoms with van der Waals surface area (Å²) in [6, 6.07) is 6.40. The van der Waals surface area contributed by atoms with E-state index < -0.39 is 102 Å². The van der Waals surface area contributed by atoms with Crippen LogP contribution in [0.25, 0.3) is 5.69 Å². The molecule has 0 aliphatic carbocycles. The number of carbonyl (C=O) groups excluding carboxylic acids is 2. The molecule has 23 nitrogen and oxygen atoms in total. The fourth-order valence-electron chi connectivity index (χ4n) is 11.5. The molecule has 3 aliphatic heterocycles. The van der Waals surface area contributed by atoms with Crippen LogP contribution in [-0.4, -0.2) is 208 Å². The Morgan fingerprint density at radius 2 is 1.62 bits per heavy atom. The van der Waals surface area contributed by atoms with Gasteiger partial charge in [0, 0.05) is 77.1 Å². The number of aromatic nitrogens is 6. The summed E-state index contributed by atoms with van der Waals surface area (Å²) in [6.07, 6.45) is -4.35. The summed E-state index contributed by atoms with van der Waals surface area (Å²) in [4.78, 5) is 29.6. The second kappa shape index (κ2) is 27.0. The van der Waals surface area contributed by atoms with Crippen molar-refractivity contribution in [1.82, 2.24) is 39.8 Å². The molecule has 3 fully saturated rings. The largest absolute Gasteiger partial charge is 0.494 e. The Balaban J connectivity index is 1.15. The summed E-state index contributed by atoms with van der Waals surface area (Å²) >= 11 is 0. The molecule has 0 radical (unpaired) electrons. The van der Waals surface area contributed by atoms with Gasteiger partial charge in [-0.1, -0.05) is 31.2 Å². The van der Waals surface area contributed by atoms with Crippen molar-refractivity contribution < 1.29 is 73.0 Å². The number of likely N-dealkylation sites (N-methyl/N-ethyl adjacent to an activating group) is 2. The monoisotopic (exact) mass is 1100 g/mol. The smallest absolute Gasteiger partial charge is 0.311 e. The van der Waals surface area contributed by atoms with Crippen LogP contribution in [0.5, 0.6) is 5.75 Å². The molecule has 6 rings (SSSR count). The Bertz CT molecular complexity index is 2360. The third-order valence-electron chi connectivity index (χ3n) is 16.3. The van der Waals surface area contributed by atoms with Gasteiger partial charge >= 0.3 is 11.9 Å². The zero-order valence-electron chi connectivity index (χ0n) is 48.3. The van der Waals surface area contributed by atoms with Gasteiger partial charge in [0.1, 0.15) is 48.1 Å². The number of hydrogen-bond acceptors (Lipinski definition) is 21. The predicted molar refractivity (Wildman–Crippen MR) is 284 cm³/mol. The maximum Gasteiger partial charge on any atom is 0.311 e. The SMILES string of the molecule is CC[C@H]1OC(=O)[C@H](C)[C@@H](O[C@H]2C[C@@](C)(OC)[C@@H](O)[C@H](C)O2)[C@H](C)[C@@H](O[C@@H]2O[C@H](C)C[C@H](N(C)CCc3cn(CCCOc4ccc(-n5cc(COC(C)=O)nn5)cc4)nn3)[C@H]2O)[C@](C)(O)C[C@@H](C)CN(C)[C@H](C)[C@@H](O)[C@]1(C)O. The van der Waals surface area contributed by atoms with Crippen molar-refractivity contribution in [3.05, 3.63) is 48.0 Å². The molecule has 0 spiro atoms. The molecule has 78 heavy (non-hydrogen) atoms. The Labute approximate surface area is 459 Å². The minimum Gasteiger partial charge on any atom is -0.494 e. The summed E-state index contributed by atoms with van der Waals surface area (Å²) < 4.78 is 52.7. The van der Waals surface area contributed by atoms with Gasteiger partial charge in [0.05, 0.1) is 65.7 Å². The van der Waals surface area contributed by atoms with Crippen LogP contribution in [0, 0.1) is 17.8 Å². The first-order chi connectivity index (χ1) is 36.7. The normalized spacial score (nSPS) is 36.9. The lowest BCUT2D eigenvalue weighted by Crippen LogP contribution is -2.61. The number of aliphatic hydroxyl groups excluding tert-OH is 3. The van der Waals surface area contributed by atoms with Crippen molar-refractivity contribution in [3.63, 3.8) is 0 Å². The van der Waals surface area contributed by atoms with Gasteiger partial charge in [-0.25, -0.2) is 4.68 Å². The molecule has 3 aliphatic rings. The highest BCUT2D eigenvalue weighted by atomic mass is 16.7.